The highest BCUT2D eigenvalue weighted by atomic mass is 35.5. The molecule has 10 heteroatoms. The van der Waals surface area contributed by atoms with Crippen LogP contribution in [0.4, 0.5) is 10.3 Å². The lowest BCUT2D eigenvalue weighted by Gasteiger charge is -2.12. The quantitative estimate of drug-likeness (QED) is 0.312. The number of nitrogens with one attached hydrogen (secondary N) is 1. The minimum absolute atomic E-state index is 0.0245. The number of aromatic nitrogens is 2. The number of hydrogen-bond donors (Lipinski definition) is 1. The molecule has 0 saturated carbocycles. The summed E-state index contributed by atoms with van der Waals surface area (Å²) in [5.74, 6) is -1.72. The van der Waals surface area contributed by atoms with E-state index in [0.29, 0.717) is 10.6 Å². The third kappa shape index (κ3) is 6.07. The normalized spacial score (nSPS) is 11.2. The standard InChI is InChI=1S/C27H21ClFN3O4S/c1-2-37(35,36)20-12-10-17(11-13-20)14-24(33)31-27-30-16-22(21-8-3-4-9-23(21)29)25(32-27)26(34)18-6-5-7-19(28)15-18/h3-13,15-16H,2,14H2,1H3,(H,30,31,32,33). The van der Waals surface area contributed by atoms with Crippen LogP contribution < -0.4 is 5.32 Å². The smallest absolute Gasteiger partial charge is 0.231 e. The van der Waals surface area contributed by atoms with Crippen molar-refractivity contribution >= 4 is 39.1 Å². The number of rotatable bonds is 8. The van der Waals surface area contributed by atoms with E-state index in [1.54, 1.807) is 43.3 Å². The van der Waals surface area contributed by atoms with Crippen LogP contribution in [0.2, 0.25) is 5.02 Å². The first-order chi connectivity index (χ1) is 17.7. The van der Waals surface area contributed by atoms with E-state index in [1.165, 1.54) is 42.6 Å². The van der Waals surface area contributed by atoms with Crippen molar-refractivity contribution in [1.82, 2.24) is 9.97 Å². The van der Waals surface area contributed by atoms with Crippen LogP contribution in [0.3, 0.4) is 0 Å². The van der Waals surface area contributed by atoms with Crippen molar-refractivity contribution in [3.63, 3.8) is 0 Å². The van der Waals surface area contributed by atoms with Crippen LogP contribution in [0.15, 0.2) is 83.9 Å². The summed E-state index contributed by atoms with van der Waals surface area (Å²) in [4.78, 5) is 34.5. The molecule has 0 aliphatic heterocycles. The summed E-state index contributed by atoms with van der Waals surface area (Å²) in [7, 11) is -3.35. The average Bonchev–Trinajstić information content (AvgIpc) is 2.89. The monoisotopic (exact) mass is 537 g/mol. The van der Waals surface area contributed by atoms with Gasteiger partial charge in [-0.3, -0.25) is 14.9 Å². The summed E-state index contributed by atoms with van der Waals surface area (Å²) in [6.07, 6.45) is 1.20. The van der Waals surface area contributed by atoms with Gasteiger partial charge in [-0.25, -0.2) is 22.8 Å². The second kappa shape index (κ2) is 11.0. The van der Waals surface area contributed by atoms with Gasteiger partial charge in [-0.1, -0.05) is 61.0 Å². The maximum atomic E-state index is 14.6. The number of ketones is 1. The molecule has 3 aromatic carbocycles. The highest BCUT2D eigenvalue weighted by Crippen LogP contribution is 2.28. The zero-order valence-electron chi connectivity index (χ0n) is 19.6. The van der Waals surface area contributed by atoms with Gasteiger partial charge in [0.25, 0.3) is 0 Å². The molecule has 4 rings (SSSR count). The van der Waals surface area contributed by atoms with Crippen molar-refractivity contribution in [2.75, 3.05) is 11.1 Å². The van der Waals surface area contributed by atoms with Crippen LogP contribution in [0.1, 0.15) is 28.5 Å². The fraction of sp³-hybridized carbons (Fsp3) is 0.111. The van der Waals surface area contributed by atoms with Crippen molar-refractivity contribution in [1.29, 1.82) is 0 Å². The van der Waals surface area contributed by atoms with E-state index in [9.17, 15) is 22.4 Å². The van der Waals surface area contributed by atoms with Crippen LogP contribution >= 0.6 is 11.6 Å². The number of anilines is 1. The zero-order valence-corrected chi connectivity index (χ0v) is 21.2. The Kier molecular flexibility index (Phi) is 7.75. The molecule has 0 aliphatic carbocycles. The van der Waals surface area contributed by atoms with E-state index in [0.717, 1.165) is 0 Å². The molecule has 7 nitrogen and oxygen atoms in total. The first kappa shape index (κ1) is 26.1. The topological polar surface area (TPSA) is 106 Å². The zero-order chi connectivity index (χ0) is 26.6. The van der Waals surface area contributed by atoms with Gasteiger partial charge in [-0.2, -0.15) is 0 Å². The van der Waals surface area contributed by atoms with Crippen LogP contribution in [-0.4, -0.2) is 35.8 Å². The Hall–Kier alpha value is -3.95. The molecule has 4 aromatic rings. The molecule has 0 atom stereocenters. The Morgan fingerprint density at radius 2 is 1.70 bits per heavy atom. The number of carbonyl (C=O) groups excluding carboxylic acids is 2. The van der Waals surface area contributed by atoms with Gasteiger partial charge in [0.05, 0.1) is 17.1 Å². The van der Waals surface area contributed by atoms with Crippen LogP contribution in [0.25, 0.3) is 11.1 Å². The lowest BCUT2D eigenvalue weighted by molar-refractivity contribution is -0.115. The summed E-state index contributed by atoms with van der Waals surface area (Å²) in [5.41, 5.74) is 1.00. The van der Waals surface area contributed by atoms with E-state index < -0.39 is 27.3 Å². The minimum Gasteiger partial charge on any atom is -0.294 e. The molecule has 0 radical (unpaired) electrons. The van der Waals surface area contributed by atoms with Crippen LogP contribution in [-0.2, 0) is 21.1 Å². The van der Waals surface area contributed by atoms with Gasteiger partial charge in [0.1, 0.15) is 11.5 Å². The Labute approximate surface area is 218 Å². The van der Waals surface area contributed by atoms with Gasteiger partial charge >= 0.3 is 0 Å². The molecule has 1 aromatic heterocycles. The Balaban J connectivity index is 1.63. The molecular formula is C27H21ClFN3O4S. The molecule has 188 valence electrons. The van der Waals surface area contributed by atoms with Gasteiger partial charge in [0.2, 0.25) is 17.6 Å². The van der Waals surface area contributed by atoms with E-state index >= 15 is 0 Å². The molecule has 1 amide bonds. The Bertz CT molecular complexity index is 1590. The SMILES string of the molecule is CCS(=O)(=O)c1ccc(CC(=O)Nc2ncc(-c3ccccc3F)c(C(=O)c3cccc(Cl)c3)n2)cc1. The van der Waals surface area contributed by atoms with E-state index in [-0.39, 0.29) is 45.4 Å². The second-order valence-corrected chi connectivity index (χ2v) is 10.8. The van der Waals surface area contributed by atoms with E-state index in [2.05, 4.69) is 15.3 Å². The number of sulfone groups is 1. The second-order valence-electron chi connectivity index (χ2n) is 8.05. The Morgan fingerprint density at radius 3 is 2.38 bits per heavy atom. The number of amides is 1. The van der Waals surface area contributed by atoms with Crippen LogP contribution in [0, 0.1) is 5.82 Å². The van der Waals surface area contributed by atoms with Crippen molar-refractivity contribution < 1.29 is 22.4 Å². The molecule has 0 saturated heterocycles. The molecule has 0 unspecified atom stereocenters. The number of halogens is 2. The first-order valence-electron chi connectivity index (χ1n) is 11.2. The van der Waals surface area contributed by atoms with E-state index in [1.807, 2.05) is 0 Å². The maximum absolute atomic E-state index is 14.6. The molecule has 1 heterocycles. The average molecular weight is 538 g/mol. The van der Waals surface area contributed by atoms with Gasteiger partial charge in [-0.15, -0.1) is 0 Å². The third-order valence-corrected chi connectivity index (χ3v) is 7.52. The summed E-state index contributed by atoms with van der Waals surface area (Å²) in [6.45, 7) is 1.56. The fourth-order valence-electron chi connectivity index (χ4n) is 3.59. The molecule has 0 aliphatic rings. The largest absolute Gasteiger partial charge is 0.294 e. The molecule has 0 fully saturated rings. The van der Waals surface area contributed by atoms with Crippen molar-refractivity contribution in [3.05, 3.63) is 107 Å². The van der Waals surface area contributed by atoms with Crippen molar-refractivity contribution in [3.8, 4) is 11.1 Å². The summed E-state index contributed by atoms with van der Waals surface area (Å²) >= 11 is 6.04. The number of carbonyl (C=O) groups is 2. The van der Waals surface area contributed by atoms with Gasteiger partial charge in [0, 0.05) is 27.9 Å². The van der Waals surface area contributed by atoms with Crippen LogP contribution in [0.5, 0.6) is 0 Å². The minimum atomic E-state index is -3.35. The Morgan fingerprint density at radius 1 is 0.973 bits per heavy atom. The van der Waals surface area contributed by atoms with Crippen molar-refractivity contribution in [2.45, 2.75) is 18.2 Å². The molecule has 37 heavy (non-hydrogen) atoms. The third-order valence-electron chi connectivity index (χ3n) is 5.53. The lowest BCUT2D eigenvalue weighted by atomic mass is 9.99. The van der Waals surface area contributed by atoms with E-state index in [4.69, 9.17) is 11.6 Å². The van der Waals surface area contributed by atoms with Gasteiger partial charge in [0.15, 0.2) is 9.84 Å². The molecular weight excluding hydrogens is 517 g/mol. The summed E-state index contributed by atoms with van der Waals surface area (Å²) in [5, 5.41) is 2.89. The predicted molar refractivity (Wildman–Crippen MR) is 139 cm³/mol. The highest BCUT2D eigenvalue weighted by molar-refractivity contribution is 7.91. The number of hydrogen-bond acceptors (Lipinski definition) is 6. The number of benzene rings is 3. The molecule has 0 bridgehead atoms. The molecule has 0 spiro atoms. The number of nitrogens with zero attached hydrogens (tertiary/aromatic N) is 2. The maximum Gasteiger partial charge on any atom is 0.231 e. The van der Waals surface area contributed by atoms with Crippen molar-refractivity contribution in [2.24, 2.45) is 0 Å². The lowest BCUT2D eigenvalue weighted by Crippen LogP contribution is -2.18. The fourth-order valence-corrected chi connectivity index (χ4v) is 4.67. The first-order valence-corrected chi connectivity index (χ1v) is 13.2. The van der Waals surface area contributed by atoms with Gasteiger partial charge < -0.3 is 0 Å². The predicted octanol–water partition coefficient (Wildman–Crippen LogP) is 5.14. The van der Waals surface area contributed by atoms with Gasteiger partial charge in [-0.05, 0) is 35.9 Å². The summed E-state index contributed by atoms with van der Waals surface area (Å²) < 4.78 is 38.5. The summed E-state index contributed by atoms with van der Waals surface area (Å²) in [6, 6.07) is 18.2. The highest BCUT2D eigenvalue weighted by Gasteiger charge is 2.21. The molecule has 1 N–H and O–H groups in total.